The molecule has 0 spiro atoms. The molecule has 0 amide bonds. The molecular formula is C16H26N2O4S. The number of carbonyl (C=O) groups excluding carboxylic acids is 1. The van der Waals surface area contributed by atoms with Gasteiger partial charge in [0, 0.05) is 19.8 Å². The largest absolute Gasteiger partial charge is 0.456 e. The van der Waals surface area contributed by atoms with Gasteiger partial charge < -0.3 is 19.9 Å². The van der Waals surface area contributed by atoms with Crippen LogP contribution >= 0.6 is 11.3 Å². The molecule has 0 aromatic carbocycles. The molecule has 23 heavy (non-hydrogen) atoms. The minimum absolute atomic E-state index is 0.252. The second kappa shape index (κ2) is 7.59. The Hall–Kier alpha value is -1.18. The van der Waals surface area contributed by atoms with Crippen molar-refractivity contribution in [3.8, 4) is 0 Å². The number of rotatable bonds is 5. The van der Waals surface area contributed by atoms with E-state index in [1.807, 2.05) is 20.8 Å². The normalized spacial score (nSPS) is 17.8. The Kier molecular flexibility index (Phi) is 6.00. The molecule has 1 saturated heterocycles. The Morgan fingerprint density at radius 3 is 2.74 bits per heavy atom. The predicted octanol–water partition coefficient (Wildman–Crippen LogP) is 2.61. The summed E-state index contributed by atoms with van der Waals surface area (Å²) in [5.74, 6) is -0.104. The Morgan fingerprint density at radius 1 is 1.48 bits per heavy atom. The van der Waals surface area contributed by atoms with E-state index in [0.717, 1.165) is 12.8 Å². The summed E-state index contributed by atoms with van der Waals surface area (Å²) >= 11 is 1.26. The summed E-state index contributed by atoms with van der Waals surface area (Å²) in [6.45, 7) is 9.14. The fourth-order valence-corrected chi connectivity index (χ4v) is 3.29. The average molecular weight is 342 g/mol. The van der Waals surface area contributed by atoms with Crippen LogP contribution in [0.1, 0.15) is 49.0 Å². The number of esters is 1. The van der Waals surface area contributed by atoms with Crippen molar-refractivity contribution in [3.05, 3.63) is 10.6 Å². The van der Waals surface area contributed by atoms with Gasteiger partial charge in [-0.3, -0.25) is 0 Å². The summed E-state index contributed by atoms with van der Waals surface area (Å²) in [5.41, 5.74) is 0.118. The van der Waals surface area contributed by atoms with Gasteiger partial charge >= 0.3 is 5.97 Å². The Bertz CT molecular complexity index is 533. The molecule has 2 heterocycles. The topological polar surface area (TPSA) is 80.7 Å². The Labute approximate surface area is 141 Å². The molecule has 1 fully saturated rings. The fraction of sp³-hybridized carbons (Fsp3) is 0.750. The second-order valence-corrected chi connectivity index (χ2v) is 7.83. The molecule has 0 bridgehead atoms. The van der Waals surface area contributed by atoms with Crippen LogP contribution < -0.4 is 5.32 Å². The first-order valence-corrected chi connectivity index (χ1v) is 8.78. The Balaban J connectivity index is 1.91. The lowest BCUT2D eigenvalue weighted by Gasteiger charge is -2.26. The molecule has 130 valence electrons. The maximum atomic E-state index is 12.1. The fourth-order valence-electron chi connectivity index (χ4n) is 2.45. The Morgan fingerprint density at radius 2 is 2.13 bits per heavy atom. The zero-order chi connectivity index (χ0) is 17.0. The van der Waals surface area contributed by atoms with Gasteiger partial charge in [-0.05, 0) is 46.5 Å². The maximum Gasteiger partial charge on any atom is 0.350 e. The molecule has 2 N–H and O–H groups in total. The van der Waals surface area contributed by atoms with Gasteiger partial charge in [0.1, 0.15) is 10.5 Å². The zero-order valence-corrected chi connectivity index (χ0v) is 15.0. The van der Waals surface area contributed by atoms with Gasteiger partial charge in [0.25, 0.3) is 0 Å². The molecular weight excluding hydrogens is 316 g/mol. The van der Waals surface area contributed by atoms with Crippen LogP contribution in [0.2, 0.25) is 0 Å². The molecule has 0 saturated carbocycles. The summed E-state index contributed by atoms with van der Waals surface area (Å²) < 4.78 is 10.7. The predicted molar refractivity (Wildman–Crippen MR) is 90.1 cm³/mol. The second-order valence-electron chi connectivity index (χ2n) is 6.83. The van der Waals surface area contributed by atoms with Crippen LogP contribution in [0.15, 0.2) is 0 Å². The van der Waals surface area contributed by atoms with Crippen molar-refractivity contribution in [1.29, 1.82) is 0 Å². The molecule has 1 aliphatic heterocycles. The minimum atomic E-state index is -0.527. The highest BCUT2D eigenvalue weighted by atomic mass is 32.1. The minimum Gasteiger partial charge on any atom is -0.456 e. The number of nitrogens with one attached hydrogen (secondary N) is 1. The van der Waals surface area contributed by atoms with Crippen molar-refractivity contribution < 1.29 is 19.4 Å². The van der Waals surface area contributed by atoms with E-state index in [0.29, 0.717) is 35.5 Å². The summed E-state index contributed by atoms with van der Waals surface area (Å²) in [7, 11) is 0. The van der Waals surface area contributed by atoms with E-state index in [9.17, 15) is 9.90 Å². The number of aromatic nitrogens is 1. The van der Waals surface area contributed by atoms with E-state index in [4.69, 9.17) is 9.47 Å². The van der Waals surface area contributed by atoms with Crippen molar-refractivity contribution in [2.45, 2.75) is 52.2 Å². The van der Waals surface area contributed by atoms with Crippen LogP contribution in [0, 0.1) is 12.8 Å². The average Bonchev–Trinajstić information content (AvgIpc) is 2.85. The third-order valence-corrected chi connectivity index (χ3v) is 4.75. The lowest BCUT2D eigenvalue weighted by Crippen LogP contribution is -2.32. The first-order valence-electron chi connectivity index (χ1n) is 7.97. The van der Waals surface area contributed by atoms with E-state index in [2.05, 4.69) is 10.3 Å². The third-order valence-electron chi connectivity index (χ3n) is 3.65. The van der Waals surface area contributed by atoms with Crippen LogP contribution in [0.3, 0.4) is 0 Å². The van der Waals surface area contributed by atoms with Crippen LogP contribution in [0.25, 0.3) is 0 Å². The summed E-state index contributed by atoms with van der Waals surface area (Å²) in [5, 5.41) is 14.0. The first kappa shape index (κ1) is 18.2. The molecule has 1 aromatic heterocycles. The highest BCUT2D eigenvalue weighted by Crippen LogP contribution is 2.26. The SMILES string of the molecule is Cc1nc(NCC(O)C2CCOCC2)sc1C(=O)OC(C)(C)C. The molecule has 6 nitrogen and oxygen atoms in total. The van der Waals surface area contributed by atoms with Gasteiger partial charge in [-0.25, -0.2) is 9.78 Å². The van der Waals surface area contributed by atoms with Crippen molar-refractivity contribution in [3.63, 3.8) is 0 Å². The molecule has 2 rings (SSSR count). The summed E-state index contributed by atoms with van der Waals surface area (Å²) in [6, 6.07) is 0. The number of aliphatic hydroxyl groups excluding tert-OH is 1. The first-order chi connectivity index (χ1) is 10.8. The maximum absolute atomic E-state index is 12.1. The number of thiazole rings is 1. The van der Waals surface area contributed by atoms with E-state index in [-0.39, 0.29) is 11.9 Å². The molecule has 1 aliphatic rings. The number of aliphatic hydroxyl groups is 1. The highest BCUT2D eigenvalue weighted by Gasteiger charge is 2.24. The number of aryl methyl sites for hydroxylation is 1. The van der Waals surface area contributed by atoms with Crippen LogP contribution in [-0.4, -0.2) is 47.5 Å². The third kappa shape index (κ3) is 5.44. The van der Waals surface area contributed by atoms with Gasteiger partial charge in [-0.2, -0.15) is 0 Å². The van der Waals surface area contributed by atoms with Gasteiger partial charge in [-0.15, -0.1) is 0 Å². The van der Waals surface area contributed by atoms with E-state index in [1.165, 1.54) is 11.3 Å². The zero-order valence-electron chi connectivity index (χ0n) is 14.2. The molecule has 1 atom stereocenters. The molecule has 7 heteroatoms. The van der Waals surface area contributed by atoms with Crippen molar-refractivity contribution >= 4 is 22.4 Å². The summed E-state index contributed by atoms with van der Waals surface area (Å²) in [6.07, 6.45) is 1.32. The quantitative estimate of drug-likeness (QED) is 0.801. The number of carbonyl (C=O) groups is 1. The van der Waals surface area contributed by atoms with Crippen LogP contribution in [-0.2, 0) is 9.47 Å². The number of ether oxygens (including phenoxy) is 2. The van der Waals surface area contributed by atoms with E-state index in [1.54, 1.807) is 6.92 Å². The van der Waals surface area contributed by atoms with Gasteiger partial charge in [-0.1, -0.05) is 11.3 Å². The lowest BCUT2D eigenvalue weighted by atomic mass is 9.94. The number of anilines is 1. The molecule has 1 aromatic rings. The number of hydrogen-bond donors (Lipinski definition) is 2. The van der Waals surface area contributed by atoms with Crippen molar-refractivity contribution in [2.24, 2.45) is 5.92 Å². The standard InChI is InChI=1S/C16H26N2O4S/c1-10-13(14(20)22-16(2,3)4)23-15(18-10)17-9-12(19)11-5-7-21-8-6-11/h11-12,19H,5-9H2,1-4H3,(H,17,18). The molecule has 0 radical (unpaired) electrons. The van der Waals surface area contributed by atoms with Crippen LogP contribution in [0.4, 0.5) is 5.13 Å². The summed E-state index contributed by atoms with van der Waals surface area (Å²) in [4.78, 5) is 17.0. The van der Waals surface area contributed by atoms with Gasteiger partial charge in [0.15, 0.2) is 5.13 Å². The van der Waals surface area contributed by atoms with E-state index >= 15 is 0 Å². The lowest BCUT2D eigenvalue weighted by molar-refractivity contribution is 0.00742. The van der Waals surface area contributed by atoms with Crippen molar-refractivity contribution in [1.82, 2.24) is 4.98 Å². The smallest absolute Gasteiger partial charge is 0.350 e. The molecule has 0 aliphatic carbocycles. The van der Waals surface area contributed by atoms with Gasteiger partial charge in [0.05, 0.1) is 11.8 Å². The number of hydrogen-bond acceptors (Lipinski definition) is 7. The monoisotopic (exact) mass is 342 g/mol. The van der Waals surface area contributed by atoms with Gasteiger partial charge in [0.2, 0.25) is 0 Å². The van der Waals surface area contributed by atoms with Crippen LogP contribution in [0.5, 0.6) is 0 Å². The van der Waals surface area contributed by atoms with Crippen molar-refractivity contribution in [2.75, 3.05) is 25.1 Å². The van der Waals surface area contributed by atoms with E-state index < -0.39 is 11.7 Å². The number of nitrogens with zero attached hydrogens (tertiary/aromatic N) is 1. The molecule has 1 unspecified atom stereocenters. The highest BCUT2D eigenvalue weighted by molar-refractivity contribution is 7.17.